The maximum atomic E-state index is 12.2. The number of hydrogen-bond donors (Lipinski definition) is 0. The second-order valence-corrected chi connectivity index (χ2v) is 6.24. The molecule has 3 rings (SSSR count). The Labute approximate surface area is 127 Å². The van der Waals surface area contributed by atoms with Crippen LogP contribution < -0.4 is 0 Å². The number of benzene rings is 1. The van der Waals surface area contributed by atoms with Gasteiger partial charge in [-0.15, -0.1) is 0 Å². The van der Waals surface area contributed by atoms with Crippen LogP contribution in [0.3, 0.4) is 0 Å². The molecule has 1 saturated carbocycles. The monoisotopic (exact) mass is 287 g/mol. The first-order valence-corrected chi connectivity index (χ1v) is 8.27. The highest BCUT2D eigenvalue weighted by Crippen LogP contribution is 2.42. The summed E-state index contributed by atoms with van der Waals surface area (Å²) in [6, 6.07) is 10.8. The molecule has 21 heavy (non-hydrogen) atoms. The third-order valence-corrected chi connectivity index (χ3v) is 4.84. The van der Waals surface area contributed by atoms with Crippen LogP contribution in [-0.2, 0) is 16.1 Å². The number of ether oxygens (including phenoxy) is 1. The molecule has 0 spiro atoms. The summed E-state index contributed by atoms with van der Waals surface area (Å²) in [6.07, 6.45) is 6.52. The van der Waals surface area contributed by atoms with E-state index in [0.717, 1.165) is 6.54 Å². The third kappa shape index (κ3) is 3.29. The average Bonchev–Trinajstić information content (AvgIpc) is 3.23. The highest BCUT2D eigenvalue weighted by molar-refractivity contribution is 5.80. The van der Waals surface area contributed by atoms with Crippen molar-refractivity contribution < 1.29 is 9.53 Å². The van der Waals surface area contributed by atoms with Crippen molar-refractivity contribution in [3.63, 3.8) is 0 Å². The van der Waals surface area contributed by atoms with Crippen LogP contribution in [0, 0.1) is 5.92 Å². The fourth-order valence-corrected chi connectivity index (χ4v) is 3.80. The van der Waals surface area contributed by atoms with Gasteiger partial charge in [-0.2, -0.15) is 0 Å². The van der Waals surface area contributed by atoms with E-state index >= 15 is 0 Å². The number of carbonyl (C=O) groups excluding carboxylic acids is 1. The van der Waals surface area contributed by atoms with Gasteiger partial charge in [-0.25, -0.2) is 0 Å². The van der Waals surface area contributed by atoms with Gasteiger partial charge in [0.1, 0.15) is 6.04 Å². The summed E-state index contributed by atoms with van der Waals surface area (Å²) in [7, 11) is 0. The molecule has 0 radical (unpaired) electrons. The predicted octanol–water partition coefficient (Wildman–Crippen LogP) is 3.38. The molecule has 1 unspecified atom stereocenters. The van der Waals surface area contributed by atoms with Gasteiger partial charge in [0, 0.05) is 12.6 Å². The van der Waals surface area contributed by atoms with Crippen molar-refractivity contribution in [1.82, 2.24) is 4.90 Å². The summed E-state index contributed by atoms with van der Waals surface area (Å²) >= 11 is 0. The Kier molecular flexibility index (Phi) is 4.59. The Morgan fingerprint density at radius 3 is 2.57 bits per heavy atom. The quantitative estimate of drug-likeness (QED) is 0.614. The highest BCUT2D eigenvalue weighted by atomic mass is 16.5. The lowest BCUT2D eigenvalue weighted by Crippen LogP contribution is -2.20. The Morgan fingerprint density at radius 2 is 1.90 bits per heavy atom. The van der Waals surface area contributed by atoms with E-state index in [-0.39, 0.29) is 12.0 Å². The second-order valence-electron chi connectivity index (χ2n) is 6.24. The van der Waals surface area contributed by atoms with Crippen molar-refractivity contribution in [3.8, 4) is 0 Å². The SMILES string of the molecule is CCOC(=O)[C@H]1[C@@H](C2CCCCC2)N1Cc1ccccc1. The third-order valence-electron chi connectivity index (χ3n) is 4.84. The van der Waals surface area contributed by atoms with Crippen LogP contribution in [0.15, 0.2) is 30.3 Å². The van der Waals surface area contributed by atoms with Crippen LogP contribution in [0.25, 0.3) is 0 Å². The zero-order valence-corrected chi connectivity index (χ0v) is 12.8. The molecule has 1 saturated heterocycles. The molecule has 3 heteroatoms. The molecular weight excluding hydrogens is 262 g/mol. The van der Waals surface area contributed by atoms with Crippen LogP contribution >= 0.6 is 0 Å². The molecule has 0 aromatic heterocycles. The Balaban J connectivity index is 1.68. The summed E-state index contributed by atoms with van der Waals surface area (Å²) in [6.45, 7) is 3.23. The fraction of sp³-hybridized carbons (Fsp3) is 0.611. The summed E-state index contributed by atoms with van der Waals surface area (Å²) in [5.74, 6) is 0.654. The smallest absolute Gasteiger partial charge is 0.325 e. The standard InChI is InChI=1S/C18H25NO2/c1-2-21-18(20)17-16(15-11-7-4-8-12-15)19(17)13-14-9-5-3-6-10-14/h3,5-6,9-10,15-17H,2,4,7-8,11-13H2,1H3/t16-,17-,19?/m1/s1. The molecule has 3 atom stereocenters. The van der Waals surface area contributed by atoms with E-state index in [4.69, 9.17) is 4.74 Å². The molecule has 1 aromatic carbocycles. The largest absolute Gasteiger partial charge is 0.465 e. The zero-order valence-electron chi connectivity index (χ0n) is 12.8. The van der Waals surface area contributed by atoms with Gasteiger partial charge in [-0.3, -0.25) is 9.69 Å². The van der Waals surface area contributed by atoms with E-state index < -0.39 is 0 Å². The van der Waals surface area contributed by atoms with Gasteiger partial charge in [0.2, 0.25) is 0 Å². The van der Waals surface area contributed by atoms with Gasteiger partial charge in [0.05, 0.1) is 6.61 Å². The topological polar surface area (TPSA) is 29.3 Å². The molecule has 1 aliphatic carbocycles. The summed E-state index contributed by atoms with van der Waals surface area (Å²) in [5, 5.41) is 0. The van der Waals surface area contributed by atoms with Crippen molar-refractivity contribution in [3.05, 3.63) is 35.9 Å². The molecule has 114 valence electrons. The number of carbonyl (C=O) groups is 1. The van der Waals surface area contributed by atoms with Gasteiger partial charge in [-0.1, -0.05) is 49.6 Å². The minimum Gasteiger partial charge on any atom is -0.465 e. The van der Waals surface area contributed by atoms with Crippen molar-refractivity contribution in [2.75, 3.05) is 6.61 Å². The van der Waals surface area contributed by atoms with Gasteiger partial charge < -0.3 is 4.74 Å². The minimum absolute atomic E-state index is 0.00624. The maximum Gasteiger partial charge on any atom is 0.325 e. The summed E-state index contributed by atoms with van der Waals surface area (Å²) in [5.41, 5.74) is 1.28. The molecular formula is C18H25NO2. The van der Waals surface area contributed by atoms with Crippen molar-refractivity contribution in [2.24, 2.45) is 5.92 Å². The molecule has 0 amide bonds. The van der Waals surface area contributed by atoms with Crippen molar-refractivity contribution >= 4 is 5.97 Å². The van der Waals surface area contributed by atoms with E-state index in [2.05, 4.69) is 29.2 Å². The molecule has 3 nitrogen and oxygen atoms in total. The Hall–Kier alpha value is -1.35. The Bertz CT molecular complexity index is 467. The molecule has 1 aromatic rings. The number of nitrogens with zero attached hydrogens (tertiary/aromatic N) is 1. The van der Waals surface area contributed by atoms with Crippen LogP contribution in [0.2, 0.25) is 0 Å². The van der Waals surface area contributed by atoms with Crippen LogP contribution in [-0.4, -0.2) is 29.6 Å². The number of hydrogen-bond acceptors (Lipinski definition) is 3. The molecule has 0 bridgehead atoms. The first-order valence-electron chi connectivity index (χ1n) is 8.27. The number of esters is 1. The van der Waals surface area contributed by atoms with Crippen molar-refractivity contribution in [2.45, 2.75) is 57.7 Å². The van der Waals surface area contributed by atoms with E-state index in [1.54, 1.807) is 0 Å². The minimum atomic E-state index is -0.0241. The van der Waals surface area contributed by atoms with Crippen LogP contribution in [0.4, 0.5) is 0 Å². The van der Waals surface area contributed by atoms with E-state index in [1.165, 1.54) is 37.7 Å². The molecule has 2 aliphatic rings. The van der Waals surface area contributed by atoms with Gasteiger partial charge in [0.25, 0.3) is 0 Å². The van der Waals surface area contributed by atoms with E-state index in [0.29, 0.717) is 18.6 Å². The van der Waals surface area contributed by atoms with Crippen molar-refractivity contribution in [1.29, 1.82) is 0 Å². The normalized spacial score (nSPS) is 29.1. The maximum absolute atomic E-state index is 12.2. The highest BCUT2D eigenvalue weighted by Gasteiger charge is 2.56. The molecule has 2 fully saturated rings. The fourth-order valence-electron chi connectivity index (χ4n) is 3.80. The van der Waals surface area contributed by atoms with Gasteiger partial charge >= 0.3 is 5.97 Å². The summed E-state index contributed by atoms with van der Waals surface area (Å²) < 4.78 is 5.27. The molecule has 1 heterocycles. The lowest BCUT2D eigenvalue weighted by atomic mass is 9.85. The lowest BCUT2D eigenvalue weighted by Gasteiger charge is -2.21. The van der Waals surface area contributed by atoms with Gasteiger partial charge in [0.15, 0.2) is 0 Å². The van der Waals surface area contributed by atoms with Gasteiger partial charge in [-0.05, 0) is 31.2 Å². The van der Waals surface area contributed by atoms with E-state index in [1.807, 2.05) is 13.0 Å². The first-order chi connectivity index (χ1) is 10.3. The average molecular weight is 287 g/mol. The Morgan fingerprint density at radius 1 is 1.19 bits per heavy atom. The van der Waals surface area contributed by atoms with Crippen LogP contribution in [0.5, 0.6) is 0 Å². The lowest BCUT2D eigenvalue weighted by molar-refractivity contribution is -0.143. The van der Waals surface area contributed by atoms with E-state index in [9.17, 15) is 4.79 Å². The number of rotatable bonds is 5. The molecule has 0 N–H and O–H groups in total. The second kappa shape index (κ2) is 6.61. The van der Waals surface area contributed by atoms with Crippen LogP contribution in [0.1, 0.15) is 44.6 Å². The zero-order chi connectivity index (χ0) is 14.7. The predicted molar refractivity (Wildman–Crippen MR) is 82.8 cm³/mol. The summed E-state index contributed by atoms with van der Waals surface area (Å²) in [4.78, 5) is 14.5. The first kappa shape index (κ1) is 14.6. The molecule has 1 aliphatic heterocycles.